The number of nitrogens with one attached hydrogen (secondary N) is 6. The van der Waals surface area contributed by atoms with E-state index >= 15 is 0 Å². The fourth-order valence-corrected chi connectivity index (χ4v) is 7.77. The minimum Gasteiger partial charge on any atom is -0.494 e. The fraction of sp³-hybridized carbons (Fsp3) is 0.429. The van der Waals surface area contributed by atoms with E-state index in [0.29, 0.717) is 35.8 Å². The second-order valence-electron chi connectivity index (χ2n) is 15.2. The molecule has 1 fully saturated rings. The summed E-state index contributed by atoms with van der Waals surface area (Å²) in [6.07, 6.45) is 0.966. The van der Waals surface area contributed by atoms with Gasteiger partial charge in [-0.05, 0) is 66.0 Å². The molecule has 66 heavy (non-hydrogen) atoms. The highest BCUT2D eigenvalue weighted by Gasteiger charge is 2.34. The topological polar surface area (TPSA) is 339 Å². The molecule has 1 saturated heterocycles. The molecule has 0 bridgehead atoms. The Labute approximate surface area is 385 Å². The molecule has 0 unspecified atom stereocenters. The number of hydrogen-bond donors (Lipinski definition) is 9. The van der Waals surface area contributed by atoms with E-state index in [1.807, 2.05) is 0 Å². The van der Waals surface area contributed by atoms with Crippen LogP contribution < -0.4 is 42.4 Å². The van der Waals surface area contributed by atoms with Gasteiger partial charge >= 0.3 is 5.97 Å². The number of pyridine rings is 1. The number of thioether (sulfide) groups is 1. The molecule has 6 amide bonds. The smallest absolute Gasteiger partial charge is 0.305 e. The van der Waals surface area contributed by atoms with Crippen LogP contribution in [0.3, 0.4) is 0 Å². The molecule has 0 radical (unpaired) electrons. The zero-order valence-corrected chi connectivity index (χ0v) is 37.9. The Balaban J connectivity index is 1.35. The molecular formula is C42H54N10O12S2. The molecule has 4 atom stereocenters. The monoisotopic (exact) mass is 954 g/mol. The molecule has 0 spiro atoms. The number of carbonyl (C=O) groups is 7. The molecule has 1 aliphatic heterocycles. The summed E-state index contributed by atoms with van der Waals surface area (Å²) in [5, 5.41) is 32.8. The van der Waals surface area contributed by atoms with Gasteiger partial charge in [0.2, 0.25) is 29.5 Å². The van der Waals surface area contributed by atoms with Crippen LogP contribution >= 0.6 is 11.8 Å². The first-order valence-electron chi connectivity index (χ1n) is 20.8. The number of carboxylic acids is 1. The van der Waals surface area contributed by atoms with Crippen LogP contribution in [0.1, 0.15) is 54.6 Å². The van der Waals surface area contributed by atoms with E-state index < -0.39 is 94.6 Å². The van der Waals surface area contributed by atoms with E-state index in [1.165, 1.54) is 48.3 Å². The summed E-state index contributed by atoms with van der Waals surface area (Å²) >= 11 is 1.46. The highest BCUT2D eigenvalue weighted by Crippen LogP contribution is 2.18. The first-order chi connectivity index (χ1) is 31.4. The number of carbonyl (C=O) groups excluding carboxylic acids is 6. The van der Waals surface area contributed by atoms with Gasteiger partial charge in [0.25, 0.3) is 16.0 Å². The van der Waals surface area contributed by atoms with Crippen molar-refractivity contribution in [3.8, 4) is 5.75 Å². The zero-order chi connectivity index (χ0) is 48.2. The molecule has 0 aliphatic carbocycles. The van der Waals surface area contributed by atoms with Crippen LogP contribution in [0.5, 0.6) is 5.75 Å². The number of azo groups is 1. The SMILES string of the molecule is CC(C)[C@@H]1NC(=O)[C@@H](Cc2ccc(OCCCNC(=O)c3ccc(N=NCc4ccccc4S(=O)(=O)O)nc3)cc2)NC(=O)[C@H](CC(=O)O)NC(=O)CNC(=O)[C@H](CCSCCN)NC1=O. The third kappa shape index (κ3) is 17.1. The fourth-order valence-electron chi connectivity index (χ4n) is 6.28. The summed E-state index contributed by atoms with van der Waals surface area (Å²) in [4.78, 5) is 95.2. The number of benzene rings is 2. The summed E-state index contributed by atoms with van der Waals surface area (Å²) in [5.41, 5.74) is 6.62. The summed E-state index contributed by atoms with van der Waals surface area (Å²) in [6, 6.07) is 10.1. The molecular weight excluding hydrogens is 901 g/mol. The van der Waals surface area contributed by atoms with Crippen molar-refractivity contribution in [2.24, 2.45) is 21.9 Å². The summed E-state index contributed by atoms with van der Waals surface area (Å²) < 4.78 is 38.4. The molecule has 2 heterocycles. The Hall–Kier alpha value is -6.50. The van der Waals surface area contributed by atoms with E-state index in [0.717, 1.165) is 0 Å². The van der Waals surface area contributed by atoms with E-state index in [-0.39, 0.29) is 54.4 Å². The van der Waals surface area contributed by atoms with Crippen molar-refractivity contribution in [1.29, 1.82) is 0 Å². The summed E-state index contributed by atoms with van der Waals surface area (Å²) in [5.74, 6) is -4.56. The first-order valence-corrected chi connectivity index (χ1v) is 23.4. The van der Waals surface area contributed by atoms with Crippen LogP contribution in [0, 0.1) is 5.92 Å². The van der Waals surface area contributed by atoms with Gasteiger partial charge in [0.15, 0.2) is 5.82 Å². The molecule has 1 aliphatic rings. The van der Waals surface area contributed by atoms with Gasteiger partial charge in [-0.3, -0.25) is 38.1 Å². The number of nitrogens with two attached hydrogens (primary N) is 1. The second-order valence-corrected chi connectivity index (χ2v) is 17.8. The van der Waals surface area contributed by atoms with Gasteiger partial charge in [0, 0.05) is 31.5 Å². The van der Waals surface area contributed by atoms with Crippen molar-refractivity contribution in [2.45, 2.75) is 75.1 Å². The molecule has 2 aromatic carbocycles. The normalized spacial score (nSPS) is 18.8. The van der Waals surface area contributed by atoms with Crippen molar-refractivity contribution in [3.05, 3.63) is 83.6 Å². The summed E-state index contributed by atoms with van der Waals surface area (Å²) in [6.45, 7) is 3.50. The van der Waals surface area contributed by atoms with Crippen LogP contribution in [0.15, 0.2) is 82.0 Å². The zero-order valence-electron chi connectivity index (χ0n) is 36.2. The number of hydrogen-bond acceptors (Lipinski definition) is 15. The Morgan fingerprint density at radius 2 is 1.62 bits per heavy atom. The Kier molecular flexibility index (Phi) is 20.4. The maximum absolute atomic E-state index is 13.9. The van der Waals surface area contributed by atoms with Crippen LogP contribution in [-0.4, -0.2) is 126 Å². The molecule has 356 valence electrons. The highest BCUT2D eigenvalue weighted by atomic mass is 32.2. The molecule has 22 nitrogen and oxygen atoms in total. The maximum atomic E-state index is 13.9. The van der Waals surface area contributed by atoms with Gasteiger partial charge in [-0.1, -0.05) is 44.2 Å². The lowest BCUT2D eigenvalue weighted by atomic mass is 10.00. The lowest BCUT2D eigenvalue weighted by Crippen LogP contribution is -2.59. The standard InChI is InChI=1S/C42H54N10O12S2/c1-25(2)37-42(60)49-30(14-18-65-19-15-43)39(57)46-24-35(53)48-32(21-36(54)55)40(58)50-31(41(59)51-37)20-26-8-11-29(12-9-26)64-17-5-16-44-38(56)28-10-13-34(45-22-28)52-47-23-27-6-3-4-7-33(27)66(61,62)63/h3-4,6-13,22,25,30-32,37H,5,14-21,23-24,43H2,1-2H3,(H,44,56)(H,46,57)(H,48,53)(H,49,60)(H,50,58)(H,51,59)(H,54,55)(H,61,62,63)/t30-,31+,32-,37-/m0/s1. The van der Waals surface area contributed by atoms with Crippen molar-refractivity contribution >= 4 is 69.1 Å². The quantitative estimate of drug-likeness (QED) is 0.0426. The van der Waals surface area contributed by atoms with Crippen LogP contribution in [-0.2, 0) is 51.9 Å². The maximum Gasteiger partial charge on any atom is 0.305 e. The highest BCUT2D eigenvalue weighted by molar-refractivity contribution is 7.99. The van der Waals surface area contributed by atoms with Gasteiger partial charge in [-0.25, -0.2) is 4.98 Å². The van der Waals surface area contributed by atoms with Gasteiger partial charge in [0.1, 0.15) is 29.9 Å². The Bertz CT molecular complexity index is 2320. The minimum atomic E-state index is -4.43. The largest absolute Gasteiger partial charge is 0.494 e. The van der Waals surface area contributed by atoms with Gasteiger partial charge in [0.05, 0.1) is 36.6 Å². The van der Waals surface area contributed by atoms with E-state index in [1.54, 1.807) is 44.2 Å². The number of ether oxygens (including phenoxy) is 1. The van der Waals surface area contributed by atoms with Crippen molar-refractivity contribution in [1.82, 2.24) is 36.9 Å². The van der Waals surface area contributed by atoms with Crippen molar-refractivity contribution in [2.75, 3.05) is 37.7 Å². The third-order valence-corrected chi connectivity index (χ3v) is 11.7. The van der Waals surface area contributed by atoms with Gasteiger partial charge in [-0.15, -0.1) is 5.11 Å². The number of aromatic nitrogens is 1. The number of amides is 6. The number of nitrogens with zero attached hydrogens (tertiary/aromatic N) is 3. The average Bonchev–Trinajstić information content (AvgIpc) is 3.27. The number of rotatable bonds is 20. The van der Waals surface area contributed by atoms with E-state index in [4.69, 9.17) is 10.5 Å². The van der Waals surface area contributed by atoms with Crippen molar-refractivity contribution in [3.63, 3.8) is 0 Å². The molecule has 24 heteroatoms. The third-order valence-electron chi connectivity index (χ3n) is 9.69. The number of carboxylic acid groups (broad SMARTS) is 1. The van der Waals surface area contributed by atoms with E-state index in [2.05, 4.69) is 47.1 Å². The lowest BCUT2D eigenvalue weighted by Gasteiger charge is -2.27. The predicted molar refractivity (Wildman–Crippen MR) is 240 cm³/mol. The molecule has 4 rings (SSSR count). The molecule has 10 N–H and O–H groups in total. The number of aliphatic carboxylic acids is 1. The molecule has 0 saturated carbocycles. The molecule has 3 aromatic rings. The van der Waals surface area contributed by atoms with E-state index in [9.17, 15) is 51.6 Å². The second kappa shape index (κ2) is 25.8. The van der Waals surface area contributed by atoms with Gasteiger partial charge in [-0.2, -0.15) is 25.3 Å². The average molecular weight is 955 g/mol. The Morgan fingerprint density at radius 1 is 0.909 bits per heavy atom. The van der Waals surface area contributed by atoms with Gasteiger partial charge < -0.3 is 47.5 Å². The summed E-state index contributed by atoms with van der Waals surface area (Å²) in [7, 11) is -4.43. The minimum absolute atomic E-state index is 0.116. The van der Waals surface area contributed by atoms with Crippen molar-refractivity contribution < 1.29 is 56.4 Å². The Morgan fingerprint density at radius 3 is 2.29 bits per heavy atom. The predicted octanol–water partition coefficient (Wildman–Crippen LogP) is 0.635. The lowest BCUT2D eigenvalue weighted by molar-refractivity contribution is -0.141. The molecule has 1 aromatic heterocycles. The van der Waals surface area contributed by atoms with Crippen LogP contribution in [0.25, 0.3) is 0 Å². The van der Waals surface area contributed by atoms with Crippen LogP contribution in [0.4, 0.5) is 5.82 Å². The van der Waals surface area contributed by atoms with Crippen LogP contribution in [0.2, 0.25) is 0 Å². The first kappa shape index (κ1) is 52.1.